The lowest BCUT2D eigenvalue weighted by atomic mass is 9.91. The minimum atomic E-state index is -0.194. The van der Waals surface area contributed by atoms with Crippen molar-refractivity contribution in [1.82, 2.24) is 19.9 Å². The van der Waals surface area contributed by atoms with Crippen LogP contribution in [0, 0.1) is 6.92 Å². The maximum absolute atomic E-state index is 13.3. The number of nitrogens with zero attached hydrogens (tertiary/aromatic N) is 4. The van der Waals surface area contributed by atoms with Crippen molar-refractivity contribution in [3.05, 3.63) is 29.0 Å². The number of thiazole rings is 1. The van der Waals surface area contributed by atoms with Crippen molar-refractivity contribution in [2.75, 3.05) is 20.3 Å². The van der Waals surface area contributed by atoms with Crippen LogP contribution < -0.4 is 0 Å². The van der Waals surface area contributed by atoms with Crippen LogP contribution in [0.3, 0.4) is 0 Å². The fraction of sp³-hybridized carbons (Fsp3) is 0.556. The Hall–Kier alpha value is -1.86. The minimum absolute atomic E-state index is 0.0557. The number of methoxy groups -OCH3 is 1. The molecule has 2 aromatic rings. The summed E-state index contributed by atoms with van der Waals surface area (Å²) in [6, 6.07) is 1.77. The summed E-state index contributed by atoms with van der Waals surface area (Å²) < 4.78 is 5.48. The summed E-state index contributed by atoms with van der Waals surface area (Å²) in [4.78, 5) is 29.0. The highest BCUT2D eigenvalue weighted by Gasteiger charge is 2.44. The Balaban J connectivity index is 1.91. The number of ether oxygens (including phenoxy) is 1. The van der Waals surface area contributed by atoms with E-state index in [4.69, 9.17) is 4.74 Å². The van der Waals surface area contributed by atoms with Crippen LogP contribution in [-0.2, 0) is 4.74 Å². The Bertz CT molecular complexity index is 726. The molecule has 0 N–H and O–H groups in total. The molecule has 2 aromatic heterocycles. The van der Waals surface area contributed by atoms with Gasteiger partial charge >= 0.3 is 0 Å². The monoisotopic (exact) mass is 360 g/mol. The van der Waals surface area contributed by atoms with E-state index in [0.29, 0.717) is 22.3 Å². The molecule has 1 saturated heterocycles. The molecule has 0 aromatic carbocycles. The van der Waals surface area contributed by atoms with Crippen molar-refractivity contribution < 1.29 is 9.53 Å². The molecule has 1 fully saturated rings. The van der Waals surface area contributed by atoms with E-state index in [-0.39, 0.29) is 11.4 Å². The number of carbonyl (C=O) groups excluding carboxylic acids is 1. The lowest BCUT2D eigenvalue weighted by Gasteiger charge is -2.38. The Morgan fingerprint density at radius 1 is 1.40 bits per heavy atom. The molecule has 3 heterocycles. The second-order valence-corrected chi connectivity index (χ2v) is 7.47. The highest BCUT2D eigenvalue weighted by atomic mass is 32.1. The van der Waals surface area contributed by atoms with E-state index in [1.54, 1.807) is 25.6 Å². The van der Waals surface area contributed by atoms with Gasteiger partial charge in [-0.25, -0.2) is 15.0 Å². The fourth-order valence-corrected chi connectivity index (χ4v) is 4.66. The van der Waals surface area contributed by atoms with Gasteiger partial charge in [0, 0.05) is 26.0 Å². The Morgan fingerprint density at radius 2 is 2.16 bits per heavy atom. The third kappa shape index (κ3) is 3.43. The van der Waals surface area contributed by atoms with E-state index in [2.05, 4.69) is 21.9 Å². The first-order valence-electron chi connectivity index (χ1n) is 8.67. The van der Waals surface area contributed by atoms with Crippen molar-refractivity contribution >= 4 is 17.2 Å². The van der Waals surface area contributed by atoms with Crippen LogP contribution in [0.1, 0.15) is 48.0 Å². The van der Waals surface area contributed by atoms with Crippen LogP contribution in [0.25, 0.3) is 10.8 Å². The van der Waals surface area contributed by atoms with Gasteiger partial charge in [0.2, 0.25) is 0 Å². The number of aromatic nitrogens is 3. The largest absolute Gasteiger partial charge is 0.382 e. The molecular formula is C18H24N4O2S. The van der Waals surface area contributed by atoms with E-state index in [0.717, 1.165) is 37.9 Å². The van der Waals surface area contributed by atoms with Gasteiger partial charge in [-0.2, -0.15) is 0 Å². The molecule has 1 amide bonds. The summed E-state index contributed by atoms with van der Waals surface area (Å²) in [5.41, 5.74) is 0.549. The second kappa shape index (κ2) is 7.58. The van der Waals surface area contributed by atoms with Crippen LogP contribution in [-0.4, -0.2) is 51.6 Å². The average Bonchev–Trinajstić information content (AvgIpc) is 3.20. The van der Waals surface area contributed by atoms with Crippen LogP contribution >= 0.6 is 11.3 Å². The normalized spacial score (nSPS) is 20.2. The minimum Gasteiger partial charge on any atom is -0.382 e. The number of rotatable bonds is 6. The third-order valence-electron chi connectivity index (χ3n) is 4.72. The van der Waals surface area contributed by atoms with E-state index < -0.39 is 0 Å². The number of hydrogen-bond acceptors (Lipinski definition) is 6. The number of hydrogen-bond donors (Lipinski definition) is 0. The molecule has 1 aliphatic rings. The summed E-state index contributed by atoms with van der Waals surface area (Å²) in [6.07, 6.45) is 7.36. The van der Waals surface area contributed by atoms with Gasteiger partial charge < -0.3 is 9.64 Å². The van der Waals surface area contributed by atoms with E-state index in [9.17, 15) is 4.79 Å². The van der Waals surface area contributed by atoms with E-state index in [1.807, 2.05) is 11.8 Å². The van der Waals surface area contributed by atoms with Crippen molar-refractivity contribution in [3.63, 3.8) is 0 Å². The van der Waals surface area contributed by atoms with Gasteiger partial charge in [0.05, 0.1) is 17.8 Å². The molecule has 7 heteroatoms. The molecule has 25 heavy (non-hydrogen) atoms. The zero-order valence-electron chi connectivity index (χ0n) is 15.0. The zero-order chi connectivity index (χ0) is 17.9. The van der Waals surface area contributed by atoms with Crippen LogP contribution in [0.15, 0.2) is 18.5 Å². The molecular weight excluding hydrogens is 336 g/mol. The highest BCUT2D eigenvalue weighted by Crippen LogP contribution is 2.37. The molecule has 0 spiro atoms. The first-order chi connectivity index (χ1) is 12.1. The van der Waals surface area contributed by atoms with Gasteiger partial charge in [-0.15, -0.1) is 11.3 Å². The maximum Gasteiger partial charge on any atom is 0.266 e. The molecule has 3 rings (SSSR count). The summed E-state index contributed by atoms with van der Waals surface area (Å²) in [5.74, 6) is 0.618. The second-order valence-electron chi connectivity index (χ2n) is 6.47. The van der Waals surface area contributed by atoms with Gasteiger partial charge in [-0.3, -0.25) is 4.79 Å². The molecule has 1 atom stereocenters. The summed E-state index contributed by atoms with van der Waals surface area (Å²) in [6.45, 7) is 5.39. The highest BCUT2D eigenvalue weighted by molar-refractivity contribution is 7.17. The maximum atomic E-state index is 13.3. The van der Waals surface area contributed by atoms with Crippen molar-refractivity contribution in [2.24, 2.45) is 0 Å². The molecule has 0 aliphatic carbocycles. The molecule has 6 nitrogen and oxygen atoms in total. The van der Waals surface area contributed by atoms with Crippen molar-refractivity contribution in [3.8, 4) is 10.8 Å². The number of amides is 1. The van der Waals surface area contributed by atoms with Gasteiger partial charge in [0.15, 0.2) is 10.8 Å². The van der Waals surface area contributed by atoms with Gasteiger partial charge in [0.25, 0.3) is 5.91 Å². The standard InChI is InChI=1S/C18H24N4O2S/c1-4-7-18(12-24-3)8-5-11-22(18)17(23)14-13(2)21-16(25-14)15-19-9-6-10-20-15/h6,9-10H,4-5,7-8,11-12H2,1-3H3. The molecule has 0 radical (unpaired) electrons. The third-order valence-corrected chi connectivity index (χ3v) is 5.86. The molecule has 1 unspecified atom stereocenters. The van der Waals surface area contributed by atoms with Gasteiger partial charge in [0.1, 0.15) is 4.88 Å². The Kier molecular flexibility index (Phi) is 5.44. The summed E-state index contributed by atoms with van der Waals surface area (Å²) in [7, 11) is 1.71. The quantitative estimate of drug-likeness (QED) is 0.790. The first-order valence-corrected chi connectivity index (χ1v) is 9.48. The SMILES string of the molecule is CCCC1(COC)CCCN1C(=O)c1sc(-c2ncccn2)nc1C. The van der Waals surface area contributed by atoms with E-state index in [1.165, 1.54) is 11.3 Å². The van der Waals surface area contributed by atoms with Crippen molar-refractivity contribution in [2.45, 2.75) is 45.1 Å². The van der Waals surface area contributed by atoms with Crippen LogP contribution in [0.2, 0.25) is 0 Å². The van der Waals surface area contributed by atoms with Crippen LogP contribution in [0.5, 0.6) is 0 Å². The fourth-order valence-electron chi connectivity index (χ4n) is 3.69. The topological polar surface area (TPSA) is 68.2 Å². The van der Waals surface area contributed by atoms with Gasteiger partial charge in [-0.05, 0) is 32.3 Å². The number of carbonyl (C=O) groups is 1. The zero-order valence-corrected chi connectivity index (χ0v) is 15.8. The molecule has 1 aliphatic heterocycles. The predicted octanol–water partition coefficient (Wildman–Crippen LogP) is 3.33. The lowest BCUT2D eigenvalue weighted by molar-refractivity contribution is 0.0257. The Morgan fingerprint density at radius 3 is 2.84 bits per heavy atom. The molecule has 134 valence electrons. The number of aryl methyl sites for hydroxylation is 1. The van der Waals surface area contributed by atoms with Gasteiger partial charge in [-0.1, -0.05) is 13.3 Å². The van der Waals surface area contributed by atoms with Crippen LogP contribution in [0.4, 0.5) is 0 Å². The summed E-state index contributed by atoms with van der Waals surface area (Å²) >= 11 is 1.38. The smallest absolute Gasteiger partial charge is 0.266 e. The summed E-state index contributed by atoms with van der Waals surface area (Å²) in [5, 5.41) is 0.688. The molecule has 0 saturated carbocycles. The molecule has 0 bridgehead atoms. The average molecular weight is 360 g/mol. The predicted molar refractivity (Wildman–Crippen MR) is 97.7 cm³/mol. The Labute approximate surface area is 152 Å². The number of likely N-dealkylation sites (tertiary alicyclic amines) is 1. The van der Waals surface area contributed by atoms with E-state index >= 15 is 0 Å². The first kappa shape index (κ1) is 17.9. The van der Waals surface area contributed by atoms with Crippen molar-refractivity contribution in [1.29, 1.82) is 0 Å². The lowest BCUT2D eigenvalue weighted by Crippen LogP contribution is -2.50.